The number of nitrogens with zero attached hydrogens (tertiary/aromatic N) is 4. The molecule has 0 saturated carbocycles. The third kappa shape index (κ3) is 13.1. The molecule has 330 valence electrons. The number of methoxy groups -OCH3 is 2. The highest BCUT2D eigenvalue weighted by Crippen LogP contribution is 2.33. The van der Waals surface area contributed by atoms with E-state index in [1.807, 2.05) is 76.9 Å². The molecular formula is C45H71N5O8S. The molecule has 1 aromatic carbocycles. The van der Waals surface area contributed by atoms with Gasteiger partial charge in [-0.1, -0.05) is 85.2 Å². The van der Waals surface area contributed by atoms with Gasteiger partial charge in [0.15, 0.2) is 0 Å². The summed E-state index contributed by atoms with van der Waals surface area (Å²) in [4.78, 5) is 78.5. The predicted molar refractivity (Wildman–Crippen MR) is 231 cm³/mol. The van der Waals surface area contributed by atoms with Crippen LogP contribution in [0.1, 0.15) is 104 Å². The summed E-state index contributed by atoms with van der Waals surface area (Å²) in [5.41, 5.74) is 1.14. The van der Waals surface area contributed by atoms with E-state index in [-0.39, 0.29) is 60.3 Å². The van der Waals surface area contributed by atoms with Crippen molar-refractivity contribution < 1.29 is 38.2 Å². The number of Topliss-reactive ketones (excluding diaryl/α,β-unsaturated/α-hetero) is 1. The van der Waals surface area contributed by atoms with Crippen molar-refractivity contribution in [3.8, 4) is 0 Å². The maximum absolute atomic E-state index is 14.4. The largest absolute Gasteiger partial charge is 0.450 e. The molecule has 0 spiro atoms. The summed E-state index contributed by atoms with van der Waals surface area (Å²) in [5.74, 6) is -1.98. The Morgan fingerprint density at radius 3 is 2.15 bits per heavy atom. The Labute approximate surface area is 356 Å². The second-order valence-electron chi connectivity index (χ2n) is 16.7. The summed E-state index contributed by atoms with van der Waals surface area (Å²) in [6, 6.07) is 7.54. The van der Waals surface area contributed by atoms with Crippen molar-refractivity contribution in [2.24, 2.45) is 23.7 Å². The number of rotatable bonds is 23. The molecule has 2 aromatic rings. The minimum absolute atomic E-state index is 0.0139. The Bertz CT molecular complexity index is 1620. The quantitative estimate of drug-likeness (QED) is 0.131. The van der Waals surface area contributed by atoms with Crippen molar-refractivity contribution in [3.05, 3.63) is 52.5 Å². The SMILES string of the molecule is CCOC(=O)N(C)[C@H](C(=O)N[C@H](C(=O)N(C)C([C@@H](C)CC)[C@@H](CC(=O)N1CCC[C@H]1[C@H](OC)[C@@H](C)C(=O)C[C@@H](Cc1ccccc1)c1nccs1)OC)C(C)C)C(C)C. The molecule has 0 aliphatic carbocycles. The Morgan fingerprint density at radius 2 is 1.61 bits per heavy atom. The summed E-state index contributed by atoms with van der Waals surface area (Å²) in [6.07, 6.45) is 3.19. The zero-order valence-electron chi connectivity index (χ0n) is 37.5. The number of amides is 4. The van der Waals surface area contributed by atoms with Gasteiger partial charge in [0.05, 0.1) is 42.3 Å². The number of hydrogen-bond acceptors (Lipinski definition) is 10. The van der Waals surface area contributed by atoms with E-state index in [1.54, 1.807) is 50.6 Å². The first-order valence-electron chi connectivity index (χ1n) is 21.3. The van der Waals surface area contributed by atoms with Crippen LogP contribution in [0.5, 0.6) is 0 Å². The van der Waals surface area contributed by atoms with E-state index in [4.69, 9.17) is 14.2 Å². The fourth-order valence-electron chi connectivity index (χ4n) is 8.59. The minimum Gasteiger partial charge on any atom is -0.450 e. The molecule has 13 nitrogen and oxygen atoms in total. The highest BCUT2D eigenvalue weighted by Gasteiger charge is 2.43. The van der Waals surface area contributed by atoms with Crippen LogP contribution in [0.25, 0.3) is 0 Å². The summed E-state index contributed by atoms with van der Waals surface area (Å²) < 4.78 is 17.3. The van der Waals surface area contributed by atoms with Gasteiger partial charge in [-0.2, -0.15) is 0 Å². The Kier molecular flexibility index (Phi) is 20.0. The van der Waals surface area contributed by atoms with Crippen LogP contribution < -0.4 is 5.32 Å². The van der Waals surface area contributed by atoms with Crippen molar-refractivity contribution in [1.29, 1.82) is 0 Å². The van der Waals surface area contributed by atoms with E-state index in [2.05, 4.69) is 22.4 Å². The molecule has 3 rings (SSSR count). The van der Waals surface area contributed by atoms with Gasteiger partial charge in [-0.05, 0) is 49.5 Å². The van der Waals surface area contributed by atoms with Crippen molar-refractivity contribution >= 4 is 40.9 Å². The van der Waals surface area contributed by atoms with Gasteiger partial charge in [-0.15, -0.1) is 11.3 Å². The van der Waals surface area contributed by atoms with E-state index >= 15 is 0 Å². The molecule has 0 radical (unpaired) electrons. The monoisotopic (exact) mass is 842 g/mol. The standard InChI is InChI=1S/C45H71N5O8S/c1-13-30(7)40(48(9)44(54)38(28(3)4)47-42(53)39(29(5)6)49(10)45(55)58-14-2)36(56-11)27-37(52)50-23-18-21-34(50)41(57-12)31(8)35(51)26-33(43-46-22-24-59-43)25-32-19-16-15-17-20-32/h15-17,19-20,22,24,28-31,33-34,36,38-41H,13-14,18,21,23,25-27H2,1-12H3,(H,47,53)/t30-,31-,33+,34-,36+,38-,39-,40?,41+/m0/s1. The number of likely N-dealkylation sites (tertiary alicyclic amines) is 1. The third-order valence-corrected chi connectivity index (χ3v) is 13.0. The van der Waals surface area contributed by atoms with Gasteiger partial charge < -0.3 is 29.3 Å². The molecule has 4 amide bonds. The number of aromatic nitrogens is 1. The normalized spacial score (nSPS) is 18.3. The van der Waals surface area contributed by atoms with Crippen molar-refractivity contribution in [2.75, 3.05) is 41.5 Å². The summed E-state index contributed by atoms with van der Waals surface area (Å²) in [7, 11) is 6.38. The highest BCUT2D eigenvalue weighted by molar-refractivity contribution is 7.09. The average Bonchev–Trinajstić information content (AvgIpc) is 3.93. The highest BCUT2D eigenvalue weighted by atomic mass is 32.1. The predicted octanol–water partition coefficient (Wildman–Crippen LogP) is 6.60. The molecule has 14 heteroatoms. The Balaban J connectivity index is 1.80. The number of ether oxygens (including phenoxy) is 3. The first-order chi connectivity index (χ1) is 28.0. The smallest absolute Gasteiger partial charge is 0.410 e. The second kappa shape index (κ2) is 23.8. The van der Waals surface area contributed by atoms with Crippen molar-refractivity contribution in [1.82, 2.24) is 25.0 Å². The van der Waals surface area contributed by atoms with Crippen LogP contribution in [-0.4, -0.2) is 127 Å². The average molecular weight is 842 g/mol. The number of carbonyl (C=O) groups excluding carboxylic acids is 5. The number of ketones is 1. The van der Waals surface area contributed by atoms with E-state index in [0.29, 0.717) is 32.2 Å². The second-order valence-corrected chi connectivity index (χ2v) is 17.7. The van der Waals surface area contributed by atoms with Gasteiger partial charge in [0, 0.05) is 64.7 Å². The molecule has 0 bridgehead atoms. The van der Waals surface area contributed by atoms with Crippen LogP contribution in [-0.2, 0) is 39.8 Å². The summed E-state index contributed by atoms with van der Waals surface area (Å²) in [5, 5.41) is 5.81. The Morgan fingerprint density at radius 1 is 0.932 bits per heavy atom. The zero-order chi connectivity index (χ0) is 44.0. The molecule has 1 aromatic heterocycles. The van der Waals surface area contributed by atoms with Gasteiger partial charge in [0.1, 0.15) is 17.9 Å². The zero-order valence-corrected chi connectivity index (χ0v) is 38.3. The number of carbonyl (C=O) groups is 5. The number of hydrogen-bond donors (Lipinski definition) is 1. The van der Waals surface area contributed by atoms with Gasteiger partial charge >= 0.3 is 6.09 Å². The fourth-order valence-corrected chi connectivity index (χ4v) is 9.33. The van der Waals surface area contributed by atoms with E-state index < -0.39 is 48.3 Å². The topological polar surface area (TPSA) is 148 Å². The molecule has 1 unspecified atom stereocenters. The molecular weight excluding hydrogens is 771 g/mol. The lowest BCUT2D eigenvalue weighted by atomic mass is 9.85. The molecule has 1 aliphatic rings. The summed E-state index contributed by atoms with van der Waals surface area (Å²) >= 11 is 1.56. The molecule has 1 fully saturated rings. The number of thiazole rings is 1. The lowest BCUT2D eigenvalue weighted by Crippen LogP contribution is -2.60. The first kappa shape index (κ1) is 49.5. The van der Waals surface area contributed by atoms with Gasteiger partial charge in [-0.3, -0.25) is 24.1 Å². The van der Waals surface area contributed by atoms with Crippen molar-refractivity contribution in [2.45, 2.75) is 136 Å². The van der Waals surface area contributed by atoms with Crippen LogP contribution in [0.3, 0.4) is 0 Å². The lowest BCUT2D eigenvalue weighted by molar-refractivity contribution is -0.148. The number of benzene rings is 1. The minimum atomic E-state index is -0.906. The molecule has 9 atom stereocenters. The number of likely N-dealkylation sites (N-methyl/N-ethyl adjacent to an activating group) is 2. The fraction of sp³-hybridized carbons (Fsp3) is 0.689. The van der Waals surface area contributed by atoms with Gasteiger partial charge in [-0.25, -0.2) is 9.78 Å². The van der Waals surface area contributed by atoms with E-state index in [9.17, 15) is 24.0 Å². The molecule has 1 aliphatic heterocycles. The van der Waals surface area contributed by atoms with Crippen LogP contribution in [0, 0.1) is 23.7 Å². The maximum Gasteiger partial charge on any atom is 0.410 e. The van der Waals surface area contributed by atoms with Crippen LogP contribution in [0.2, 0.25) is 0 Å². The van der Waals surface area contributed by atoms with Crippen LogP contribution in [0.15, 0.2) is 41.9 Å². The number of nitrogens with one attached hydrogen (secondary N) is 1. The molecule has 2 heterocycles. The van der Waals surface area contributed by atoms with Gasteiger partial charge in [0.25, 0.3) is 0 Å². The molecule has 1 N–H and O–H groups in total. The van der Waals surface area contributed by atoms with Gasteiger partial charge in [0.2, 0.25) is 17.7 Å². The first-order valence-corrected chi connectivity index (χ1v) is 22.2. The third-order valence-electron chi connectivity index (χ3n) is 12.0. The van der Waals surface area contributed by atoms with Crippen molar-refractivity contribution in [3.63, 3.8) is 0 Å². The summed E-state index contributed by atoms with van der Waals surface area (Å²) in [6.45, 7) is 15.7. The molecule has 1 saturated heterocycles. The van der Waals surface area contributed by atoms with E-state index in [1.165, 1.54) is 11.9 Å². The lowest BCUT2D eigenvalue weighted by Gasteiger charge is -2.41. The molecule has 59 heavy (non-hydrogen) atoms. The van der Waals surface area contributed by atoms with Crippen LogP contribution in [0.4, 0.5) is 4.79 Å². The van der Waals surface area contributed by atoms with E-state index in [0.717, 1.165) is 17.0 Å². The maximum atomic E-state index is 14.4. The van der Waals surface area contributed by atoms with Crippen LogP contribution >= 0.6 is 11.3 Å². The Hall–Kier alpha value is -3.88.